The molecule has 0 bridgehead atoms. The van der Waals surface area contributed by atoms with E-state index in [1.807, 2.05) is 0 Å². The van der Waals surface area contributed by atoms with Gasteiger partial charge in [0.25, 0.3) is 0 Å². The number of carbonyl (C=O) groups is 1. The molecule has 1 unspecified atom stereocenters. The van der Waals surface area contributed by atoms with E-state index in [1.54, 1.807) is 6.07 Å². The van der Waals surface area contributed by atoms with Gasteiger partial charge < -0.3 is 10.6 Å². The summed E-state index contributed by atoms with van der Waals surface area (Å²) in [6, 6.07) is 4.47. The molecule has 1 aliphatic rings. The van der Waals surface area contributed by atoms with Gasteiger partial charge in [0, 0.05) is 13.0 Å². The Bertz CT molecular complexity index is 437. The average molecular weight is 307 g/mol. The molecule has 0 spiro atoms. The zero-order valence-electron chi connectivity index (χ0n) is 10.4. The molecular weight excluding hydrogens is 290 g/mol. The SMILES string of the molecule is Cl.O=C(CC1CCNC1)NCc1ccc(F)c(Cl)c1. The van der Waals surface area contributed by atoms with Gasteiger partial charge in [-0.15, -0.1) is 12.4 Å². The first-order chi connectivity index (χ1) is 8.65. The lowest BCUT2D eigenvalue weighted by molar-refractivity contribution is -0.122. The highest BCUT2D eigenvalue weighted by atomic mass is 35.5. The molecule has 0 radical (unpaired) electrons. The van der Waals surface area contributed by atoms with E-state index < -0.39 is 5.82 Å². The molecule has 2 rings (SSSR count). The molecule has 106 valence electrons. The maximum Gasteiger partial charge on any atom is 0.220 e. The van der Waals surface area contributed by atoms with Crippen LogP contribution in [0.2, 0.25) is 5.02 Å². The molecule has 1 atom stereocenters. The lowest BCUT2D eigenvalue weighted by Gasteiger charge is -2.09. The lowest BCUT2D eigenvalue weighted by Crippen LogP contribution is -2.25. The molecule has 1 heterocycles. The predicted molar refractivity (Wildman–Crippen MR) is 76.1 cm³/mol. The summed E-state index contributed by atoms with van der Waals surface area (Å²) in [4.78, 5) is 11.7. The predicted octanol–water partition coefficient (Wildman–Crippen LogP) is 2.52. The molecule has 6 heteroatoms. The first-order valence-electron chi connectivity index (χ1n) is 6.06. The van der Waals surface area contributed by atoms with Crippen LogP contribution in [0.1, 0.15) is 18.4 Å². The van der Waals surface area contributed by atoms with Crippen LogP contribution in [0.15, 0.2) is 18.2 Å². The molecule has 1 saturated heterocycles. The second-order valence-corrected chi connectivity index (χ2v) is 5.00. The smallest absolute Gasteiger partial charge is 0.220 e. The molecule has 1 fully saturated rings. The quantitative estimate of drug-likeness (QED) is 0.897. The van der Waals surface area contributed by atoms with Crippen molar-refractivity contribution in [3.05, 3.63) is 34.6 Å². The van der Waals surface area contributed by atoms with E-state index in [1.165, 1.54) is 12.1 Å². The first kappa shape index (κ1) is 16.2. The van der Waals surface area contributed by atoms with Gasteiger partial charge in [0.2, 0.25) is 5.91 Å². The van der Waals surface area contributed by atoms with E-state index in [0.717, 1.165) is 25.1 Å². The number of rotatable bonds is 4. The third-order valence-electron chi connectivity index (χ3n) is 3.11. The number of carbonyl (C=O) groups excluding carboxylic acids is 1. The van der Waals surface area contributed by atoms with E-state index in [0.29, 0.717) is 18.9 Å². The number of nitrogens with one attached hydrogen (secondary N) is 2. The van der Waals surface area contributed by atoms with E-state index in [4.69, 9.17) is 11.6 Å². The summed E-state index contributed by atoms with van der Waals surface area (Å²) in [5.74, 6) is 0.0229. The van der Waals surface area contributed by atoms with Crippen molar-refractivity contribution < 1.29 is 9.18 Å². The fourth-order valence-electron chi connectivity index (χ4n) is 2.07. The molecule has 1 aromatic rings. The Kier molecular flexibility index (Phi) is 6.55. The molecule has 1 amide bonds. The van der Waals surface area contributed by atoms with Gasteiger partial charge in [-0.2, -0.15) is 0 Å². The normalized spacial score (nSPS) is 17.9. The zero-order chi connectivity index (χ0) is 13.0. The van der Waals surface area contributed by atoms with Gasteiger partial charge in [-0.1, -0.05) is 17.7 Å². The monoisotopic (exact) mass is 306 g/mol. The molecular formula is C13H17Cl2FN2O. The van der Waals surface area contributed by atoms with Crippen LogP contribution in [0.4, 0.5) is 4.39 Å². The Hall–Kier alpha value is -0.840. The molecule has 19 heavy (non-hydrogen) atoms. The Labute approximate surface area is 123 Å². The summed E-state index contributed by atoms with van der Waals surface area (Å²) in [6.07, 6.45) is 1.59. The van der Waals surface area contributed by atoms with Crippen molar-refractivity contribution in [1.29, 1.82) is 0 Å². The second-order valence-electron chi connectivity index (χ2n) is 4.59. The van der Waals surface area contributed by atoms with Crippen molar-refractivity contribution in [2.75, 3.05) is 13.1 Å². The second kappa shape index (κ2) is 7.68. The maximum atomic E-state index is 12.9. The Morgan fingerprint density at radius 2 is 2.32 bits per heavy atom. The third-order valence-corrected chi connectivity index (χ3v) is 3.40. The number of halogens is 3. The number of amides is 1. The highest BCUT2D eigenvalue weighted by Crippen LogP contribution is 2.16. The van der Waals surface area contributed by atoms with Crippen LogP contribution in [-0.2, 0) is 11.3 Å². The molecule has 0 saturated carbocycles. The fourth-order valence-corrected chi connectivity index (χ4v) is 2.28. The van der Waals surface area contributed by atoms with E-state index in [-0.39, 0.29) is 23.3 Å². The van der Waals surface area contributed by atoms with Crippen molar-refractivity contribution in [2.24, 2.45) is 5.92 Å². The van der Waals surface area contributed by atoms with Crippen molar-refractivity contribution in [3.8, 4) is 0 Å². The van der Waals surface area contributed by atoms with Gasteiger partial charge in [0.15, 0.2) is 0 Å². The highest BCUT2D eigenvalue weighted by molar-refractivity contribution is 6.30. The van der Waals surface area contributed by atoms with Crippen molar-refractivity contribution in [3.63, 3.8) is 0 Å². The molecule has 3 nitrogen and oxygen atoms in total. The van der Waals surface area contributed by atoms with Crippen LogP contribution in [0.5, 0.6) is 0 Å². The summed E-state index contributed by atoms with van der Waals surface area (Å²) in [6.45, 7) is 2.29. The lowest BCUT2D eigenvalue weighted by atomic mass is 10.0. The average Bonchev–Trinajstić information content (AvgIpc) is 2.83. The Morgan fingerprint density at radius 1 is 1.53 bits per heavy atom. The summed E-state index contributed by atoms with van der Waals surface area (Å²) in [7, 11) is 0. The van der Waals surface area contributed by atoms with Gasteiger partial charge >= 0.3 is 0 Å². The molecule has 1 aliphatic heterocycles. The van der Waals surface area contributed by atoms with Gasteiger partial charge in [-0.05, 0) is 43.1 Å². The van der Waals surface area contributed by atoms with Crippen LogP contribution in [0, 0.1) is 11.7 Å². The van der Waals surface area contributed by atoms with Crippen molar-refractivity contribution in [2.45, 2.75) is 19.4 Å². The van der Waals surface area contributed by atoms with Gasteiger partial charge in [0.05, 0.1) is 5.02 Å². The Morgan fingerprint density at radius 3 is 2.95 bits per heavy atom. The highest BCUT2D eigenvalue weighted by Gasteiger charge is 2.17. The van der Waals surface area contributed by atoms with Crippen LogP contribution in [-0.4, -0.2) is 19.0 Å². The maximum absolute atomic E-state index is 12.9. The largest absolute Gasteiger partial charge is 0.352 e. The number of hydrogen-bond donors (Lipinski definition) is 2. The van der Waals surface area contributed by atoms with E-state index in [9.17, 15) is 9.18 Å². The van der Waals surface area contributed by atoms with Crippen LogP contribution in [0.25, 0.3) is 0 Å². The van der Waals surface area contributed by atoms with E-state index in [2.05, 4.69) is 10.6 Å². The van der Waals surface area contributed by atoms with Crippen LogP contribution in [0.3, 0.4) is 0 Å². The minimum absolute atomic E-state index is 0. The first-order valence-corrected chi connectivity index (χ1v) is 6.44. The third kappa shape index (κ3) is 4.97. The topological polar surface area (TPSA) is 41.1 Å². The van der Waals surface area contributed by atoms with Gasteiger partial charge in [0.1, 0.15) is 5.82 Å². The summed E-state index contributed by atoms with van der Waals surface area (Å²) < 4.78 is 12.9. The van der Waals surface area contributed by atoms with E-state index >= 15 is 0 Å². The fraction of sp³-hybridized carbons (Fsp3) is 0.462. The molecule has 2 N–H and O–H groups in total. The summed E-state index contributed by atoms with van der Waals surface area (Å²) >= 11 is 5.67. The Balaban J connectivity index is 0.00000180. The van der Waals surface area contributed by atoms with Crippen molar-refractivity contribution >= 4 is 29.9 Å². The molecule has 0 aromatic heterocycles. The number of hydrogen-bond acceptors (Lipinski definition) is 2. The van der Waals surface area contributed by atoms with Crippen LogP contribution >= 0.6 is 24.0 Å². The van der Waals surface area contributed by atoms with Gasteiger partial charge in [-0.25, -0.2) is 4.39 Å². The summed E-state index contributed by atoms with van der Waals surface area (Å²) in [5.41, 5.74) is 0.805. The zero-order valence-corrected chi connectivity index (χ0v) is 12.0. The molecule has 0 aliphatic carbocycles. The van der Waals surface area contributed by atoms with Crippen molar-refractivity contribution in [1.82, 2.24) is 10.6 Å². The van der Waals surface area contributed by atoms with Crippen LogP contribution < -0.4 is 10.6 Å². The standard InChI is InChI=1S/C13H16ClFN2O.ClH/c14-11-5-9(1-2-12(11)15)8-17-13(18)6-10-3-4-16-7-10;/h1-2,5,10,16H,3-4,6-8H2,(H,17,18);1H. The summed E-state index contributed by atoms with van der Waals surface area (Å²) in [5, 5.41) is 6.14. The molecule has 1 aromatic carbocycles. The minimum Gasteiger partial charge on any atom is -0.352 e. The minimum atomic E-state index is -0.441. The van der Waals surface area contributed by atoms with Gasteiger partial charge in [-0.3, -0.25) is 4.79 Å². The number of benzene rings is 1.